The quantitative estimate of drug-likeness (QED) is 0.855. The predicted molar refractivity (Wildman–Crippen MR) is 94.8 cm³/mol. The van der Waals surface area contributed by atoms with Crippen LogP contribution in [-0.4, -0.2) is 63.1 Å². The van der Waals surface area contributed by atoms with Crippen LogP contribution < -0.4 is 5.73 Å². The van der Waals surface area contributed by atoms with Gasteiger partial charge in [-0.1, -0.05) is 0 Å². The molecule has 0 aromatic carbocycles. The number of carbonyl (C=O) groups is 2. The van der Waals surface area contributed by atoms with Crippen LogP contribution in [0.5, 0.6) is 0 Å². The van der Waals surface area contributed by atoms with Crippen LogP contribution in [0.3, 0.4) is 0 Å². The normalized spacial score (nSPS) is 22.5. The van der Waals surface area contributed by atoms with Crippen LogP contribution in [0.15, 0.2) is 6.07 Å². The fourth-order valence-corrected chi connectivity index (χ4v) is 4.24. The fourth-order valence-electron chi connectivity index (χ4n) is 4.24. The van der Waals surface area contributed by atoms with Gasteiger partial charge in [0.25, 0.3) is 0 Å². The van der Waals surface area contributed by atoms with Crippen molar-refractivity contribution >= 4 is 11.8 Å². The summed E-state index contributed by atoms with van der Waals surface area (Å²) < 4.78 is 1.90. The molecule has 0 radical (unpaired) electrons. The molecule has 2 fully saturated rings. The van der Waals surface area contributed by atoms with Crippen LogP contribution in [-0.2, 0) is 16.1 Å². The van der Waals surface area contributed by atoms with E-state index in [2.05, 4.69) is 10.00 Å². The van der Waals surface area contributed by atoms with Crippen LogP contribution in [0.2, 0.25) is 0 Å². The Balaban J connectivity index is 1.47. The van der Waals surface area contributed by atoms with E-state index in [0.717, 1.165) is 56.7 Å². The Morgan fingerprint density at radius 2 is 1.92 bits per heavy atom. The van der Waals surface area contributed by atoms with Crippen molar-refractivity contribution in [1.82, 2.24) is 19.6 Å². The zero-order chi connectivity index (χ0) is 18.0. The van der Waals surface area contributed by atoms with Gasteiger partial charge in [-0.15, -0.1) is 0 Å². The first-order chi connectivity index (χ1) is 12.0. The van der Waals surface area contributed by atoms with Gasteiger partial charge in [0.1, 0.15) is 0 Å². The van der Waals surface area contributed by atoms with Crippen molar-refractivity contribution in [1.29, 1.82) is 0 Å². The summed E-state index contributed by atoms with van der Waals surface area (Å²) >= 11 is 0. The Bertz CT molecular complexity index is 633. The minimum Gasteiger partial charge on any atom is -0.368 e. The van der Waals surface area contributed by atoms with Gasteiger partial charge in [0, 0.05) is 37.8 Å². The number of hydrogen-bond acceptors (Lipinski definition) is 4. The van der Waals surface area contributed by atoms with Crippen molar-refractivity contribution in [2.45, 2.75) is 64.6 Å². The van der Waals surface area contributed by atoms with E-state index in [0.29, 0.717) is 19.0 Å². The Morgan fingerprint density at radius 1 is 1.20 bits per heavy atom. The van der Waals surface area contributed by atoms with Crippen LogP contribution in [0.4, 0.5) is 0 Å². The van der Waals surface area contributed by atoms with Gasteiger partial charge in [-0.05, 0) is 52.1 Å². The van der Waals surface area contributed by atoms with Gasteiger partial charge in [-0.25, -0.2) is 0 Å². The lowest BCUT2D eigenvalue weighted by Gasteiger charge is -2.38. The molecule has 0 saturated carbocycles. The molecule has 1 atom stereocenters. The van der Waals surface area contributed by atoms with Crippen molar-refractivity contribution in [2.75, 3.05) is 19.6 Å². The predicted octanol–water partition coefficient (Wildman–Crippen LogP) is 0.831. The highest BCUT2D eigenvalue weighted by Gasteiger charge is 2.36. The molecule has 2 amide bonds. The van der Waals surface area contributed by atoms with Gasteiger partial charge in [0.15, 0.2) is 0 Å². The van der Waals surface area contributed by atoms with Gasteiger partial charge >= 0.3 is 0 Å². The molecule has 7 heteroatoms. The Morgan fingerprint density at radius 3 is 2.52 bits per heavy atom. The first kappa shape index (κ1) is 17.9. The maximum absolute atomic E-state index is 12.5. The molecular weight excluding hydrogens is 318 g/mol. The van der Waals surface area contributed by atoms with Gasteiger partial charge in [-0.3, -0.25) is 19.2 Å². The number of rotatable bonds is 5. The van der Waals surface area contributed by atoms with E-state index in [1.807, 2.05) is 29.5 Å². The first-order valence-corrected chi connectivity index (χ1v) is 9.29. The molecule has 1 unspecified atom stereocenters. The third-order valence-electron chi connectivity index (χ3n) is 5.55. The van der Waals surface area contributed by atoms with E-state index in [1.54, 1.807) is 0 Å². The number of nitrogens with two attached hydrogens (primary N) is 1. The standard InChI is InChI=1S/C18H29N5O2/c1-13-12-14(2)23(20-13)11-7-17(24)21-9-5-15(6-10-21)22-8-3-4-16(22)18(19)25/h12,15-16H,3-11H2,1-2H3,(H2,19,25). The van der Waals surface area contributed by atoms with Crippen LogP contribution in [0, 0.1) is 13.8 Å². The zero-order valence-corrected chi connectivity index (χ0v) is 15.3. The van der Waals surface area contributed by atoms with Crippen LogP contribution in [0.1, 0.15) is 43.5 Å². The van der Waals surface area contributed by atoms with Crippen LogP contribution in [0.25, 0.3) is 0 Å². The molecule has 138 valence electrons. The van der Waals surface area contributed by atoms with Crippen molar-refractivity contribution in [2.24, 2.45) is 5.73 Å². The Hall–Kier alpha value is -1.89. The summed E-state index contributed by atoms with van der Waals surface area (Å²) in [7, 11) is 0. The molecule has 3 rings (SSSR count). The second-order valence-electron chi connectivity index (χ2n) is 7.31. The summed E-state index contributed by atoms with van der Waals surface area (Å²) in [5, 5.41) is 4.41. The summed E-state index contributed by atoms with van der Waals surface area (Å²) in [5.41, 5.74) is 7.61. The minimum atomic E-state index is -0.208. The minimum absolute atomic E-state index is 0.113. The van der Waals surface area contributed by atoms with Gasteiger partial charge in [-0.2, -0.15) is 5.10 Å². The number of primary amides is 1. The maximum Gasteiger partial charge on any atom is 0.234 e. The highest BCUT2D eigenvalue weighted by molar-refractivity contribution is 5.80. The van der Waals surface area contributed by atoms with E-state index >= 15 is 0 Å². The summed E-state index contributed by atoms with van der Waals surface area (Å²) in [6, 6.07) is 2.29. The van der Waals surface area contributed by atoms with E-state index < -0.39 is 0 Å². The summed E-state index contributed by atoms with van der Waals surface area (Å²) in [6.45, 7) is 7.10. The highest BCUT2D eigenvalue weighted by Crippen LogP contribution is 2.26. The molecule has 1 aromatic heterocycles. The second-order valence-corrected chi connectivity index (χ2v) is 7.31. The van der Waals surface area contributed by atoms with E-state index in [9.17, 15) is 9.59 Å². The smallest absolute Gasteiger partial charge is 0.234 e. The van der Waals surface area contributed by atoms with Crippen molar-refractivity contribution < 1.29 is 9.59 Å². The number of carbonyl (C=O) groups excluding carboxylic acids is 2. The average Bonchev–Trinajstić information content (AvgIpc) is 3.19. The van der Waals surface area contributed by atoms with Gasteiger partial charge in [0.2, 0.25) is 11.8 Å². The topological polar surface area (TPSA) is 84.5 Å². The number of piperidine rings is 1. The molecule has 1 aromatic rings. The lowest BCUT2D eigenvalue weighted by molar-refractivity contribution is -0.133. The molecule has 0 aliphatic carbocycles. The molecule has 0 spiro atoms. The molecule has 0 bridgehead atoms. The largest absolute Gasteiger partial charge is 0.368 e. The van der Waals surface area contributed by atoms with Gasteiger partial charge < -0.3 is 10.6 Å². The molecule has 7 nitrogen and oxygen atoms in total. The molecule has 2 aliphatic rings. The van der Waals surface area contributed by atoms with Crippen LogP contribution >= 0.6 is 0 Å². The third kappa shape index (κ3) is 4.03. The van der Waals surface area contributed by atoms with Crippen molar-refractivity contribution in [3.63, 3.8) is 0 Å². The number of aryl methyl sites for hydroxylation is 3. The lowest BCUT2D eigenvalue weighted by Crippen LogP contribution is -2.51. The Labute approximate surface area is 149 Å². The van der Waals surface area contributed by atoms with E-state index in [4.69, 9.17) is 5.73 Å². The summed E-state index contributed by atoms with van der Waals surface area (Å²) in [5.74, 6) is -0.0141. The number of nitrogens with zero attached hydrogens (tertiary/aromatic N) is 4. The second kappa shape index (κ2) is 7.56. The summed E-state index contributed by atoms with van der Waals surface area (Å²) in [4.78, 5) is 28.3. The Kier molecular flexibility index (Phi) is 5.42. The lowest BCUT2D eigenvalue weighted by atomic mass is 10.0. The maximum atomic E-state index is 12.5. The number of aromatic nitrogens is 2. The number of amides is 2. The van der Waals surface area contributed by atoms with Crippen molar-refractivity contribution in [3.8, 4) is 0 Å². The number of likely N-dealkylation sites (tertiary alicyclic amines) is 2. The molecule has 2 aliphatic heterocycles. The summed E-state index contributed by atoms with van der Waals surface area (Å²) in [6.07, 6.45) is 4.25. The molecule has 3 heterocycles. The first-order valence-electron chi connectivity index (χ1n) is 9.29. The average molecular weight is 347 g/mol. The third-order valence-corrected chi connectivity index (χ3v) is 5.55. The van der Waals surface area contributed by atoms with Crippen molar-refractivity contribution in [3.05, 3.63) is 17.5 Å². The molecule has 2 saturated heterocycles. The number of hydrogen-bond donors (Lipinski definition) is 1. The van der Waals surface area contributed by atoms with E-state index in [1.165, 1.54) is 0 Å². The fraction of sp³-hybridized carbons (Fsp3) is 0.722. The monoisotopic (exact) mass is 347 g/mol. The molecule has 2 N–H and O–H groups in total. The van der Waals surface area contributed by atoms with Gasteiger partial charge in [0.05, 0.1) is 11.7 Å². The molecular formula is C18H29N5O2. The SMILES string of the molecule is Cc1cc(C)n(CCC(=O)N2CCC(N3CCCC3C(N)=O)CC2)n1. The zero-order valence-electron chi connectivity index (χ0n) is 15.3. The highest BCUT2D eigenvalue weighted by atomic mass is 16.2. The molecule has 25 heavy (non-hydrogen) atoms. The van der Waals surface area contributed by atoms with E-state index in [-0.39, 0.29) is 17.9 Å².